The molecule has 3 aromatic carbocycles. The molecule has 0 aliphatic heterocycles. The molecule has 1 N–H and O–H groups in total. The topological polar surface area (TPSA) is 68.1 Å². The average molecular weight is 446 g/mol. The molecule has 0 aliphatic carbocycles. The number of aromatic hydroxyl groups is 1. The normalized spacial score (nSPS) is 11.0. The lowest BCUT2D eigenvalue weighted by atomic mass is 10.2. The van der Waals surface area contributed by atoms with E-state index in [0.717, 1.165) is 23.4 Å². The van der Waals surface area contributed by atoms with Gasteiger partial charge in [-0.3, -0.25) is 4.99 Å². The van der Waals surface area contributed by atoms with Crippen molar-refractivity contribution in [3.05, 3.63) is 83.4 Å². The first-order chi connectivity index (χ1) is 16.0. The van der Waals surface area contributed by atoms with E-state index in [1.807, 2.05) is 31.2 Å². The number of carbonyl (C=O) groups excluding carboxylic acids is 1. The largest absolute Gasteiger partial charge is 0.507 e. The second-order valence-corrected chi connectivity index (χ2v) is 7.99. The molecule has 0 saturated carbocycles. The van der Waals surface area contributed by atoms with Crippen LogP contribution in [0.1, 0.15) is 60.5 Å². The molecule has 0 amide bonds. The van der Waals surface area contributed by atoms with Gasteiger partial charge in [0.25, 0.3) is 0 Å². The zero-order valence-corrected chi connectivity index (χ0v) is 19.3. The van der Waals surface area contributed by atoms with Gasteiger partial charge < -0.3 is 14.6 Å². The Balaban J connectivity index is 1.52. The molecular weight excluding hydrogens is 414 g/mol. The van der Waals surface area contributed by atoms with Crippen LogP contribution in [0.3, 0.4) is 0 Å². The molecule has 5 nitrogen and oxygen atoms in total. The van der Waals surface area contributed by atoms with Crippen molar-refractivity contribution in [2.45, 2.75) is 46.0 Å². The number of phenols is 1. The summed E-state index contributed by atoms with van der Waals surface area (Å²) in [6.45, 7) is 4.88. The summed E-state index contributed by atoms with van der Waals surface area (Å²) in [6.07, 6.45) is 7.50. The van der Waals surface area contributed by atoms with Crippen molar-refractivity contribution >= 4 is 17.9 Å². The van der Waals surface area contributed by atoms with Crippen molar-refractivity contribution in [1.29, 1.82) is 0 Å². The third-order valence-electron chi connectivity index (χ3n) is 5.21. The Hall–Kier alpha value is -3.60. The van der Waals surface area contributed by atoms with Crippen molar-refractivity contribution in [2.24, 2.45) is 4.99 Å². The summed E-state index contributed by atoms with van der Waals surface area (Å²) in [6, 6.07) is 19.3. The maximum atomic E-state index is 12.4. The minimum absolute atomic E-state index is 0.0150. The lowest BCUT2D eigenvalue weighted by Gasteiger charge is -2.08. The highest BCUT2D eigenvalue weighted by molar-refractivity contribution is 5.91. The number of aryl methyl sites for hydroxylation is 1. The van der Waals surface area contributed by atoms with Crippen LogP contribution in [-0.4, -0.2) is 23.9 Å². The first-order valence-corrected chi connectivity index (χ1v) is 11.4. The van der Waals surface area contributed by atoms with Gasteiger partial charge in [-0.25, -0.2) is 4.79 Å². The maximum absolute atomic E-state index is 12.4. The van der Waals surface area contributed by atoms with Gasteiger partial charge in [0.2, 0.25) is 0 Å². The van der Waals surface area contributed by atoms with Crippen LogP contribution in [0.4, 0.5) is 5.69 Å². The molecule has 33 heavy (non-hydrogen) atoms. The van der Waals surface area contributed by atoms with Crippen LogP contribution in [0.2, 0.25) is 0 Å². The Kier molecular flexibility index (Phi) is 9.07. The molecule has 0 spiro atoms. The van der Waals surface area contributed by atoms with Gasteiger partial charge in [0.15, 0.2) is 0 Å². The van der Waals surface area contributed by atoms with Gasteiger partial charge in [-0.2, -0.15) is 0 Å². The number of benzene rings is 3. The number of phenolic OH excluding ortho intramolecular Hbond substituents is 1. The molecule has 0 radical (unpaired) electrons. The fourth-order valence-electron chi connectivity index (χ4n) is 3.22. The van der Waals surface area contributed by atoms with E-state index >= 15 is 0 Å². The minimum Gasteiger partial charge on any atom is -0.507 e. The van der Waals surface area contributed by atoms with Crippen molar-refractivity contribution in [3.63, 3.8) is 0 Å². The monoisotopic (exact) mass is 445 g/mol. The van der Waals surface area contributed by atoms with Crippen LogP contribution in [0.5, 0.6) is 17.2 Å². The van der Waals surface area contributed by atoms with E-state index in [0.29, 0.717) is 17.7 Å². The van der Waals surface area contributed by atoms with Crippen molar-refractivity contribution in [3.8, 4) is 17.2 Å². The van der Waals surface area contributed by atoms with E-state index in [2.05, 4.69) is 11.9 Å². The van der Waals surface area contributed by atoms with E-state index in [1.54, 1.807) is 42.6 Å². The first-order valence-electron chi connectivity index (χ1n) is 11.4. The fourth-order valence-corrected chi connectivity index (χ4v) is 3.22. The third kappa shape index (κ3) is 7.79. The zero-order valence-electron chi connectivity index (χ0n) is 19.3. The molecule has 0 atom stereocenters. The Bertz CT molecular complexity index is 1060. The van der Waals surface area contributed by atoms with Crippen molar-refractivity contribution < 1.29 is 19.4 Å². The second-order valence-electron chi connectivity index (χ2n) is 7.99. The summed E-state index contributed by atoms with van der Waals surface area (Å²) in [5, 5.41) is 10.3. The number of aliphatic imine (C=N–C) groups is 1. The maximum Gasteiger partial charge on any atom is 0.343 e. The van der Waals surface area contributed by atoms with Crippen molar-refractivity contribution in [2.75, 3.05) is 6.61 Å². The van der Waals surface area contributed by atoms with Gasteiger partial charge in [0.05, 0.1) is 17.9 Å². The molecule has 0 unspecified atom stereocenters. The molecule has 0 saturated heterocycles. The van der Waals surface area contributed by atoms with E-state index in [9.17, 15) is 9.90 Å². The third-order valence-corrected chi connectivity index (χ3v) is 5.21. The summed E-state index contributed by atoms with van der Waals surface area (Å²) in [5.74, 6) is 0.481. The summed E-state index contributed by atoms with van der Waals surface area (Å²) in [5.41, 5.74) is 2.89. The summed E-state index contributed by atoms with van der Waals surface area (Å²) in [4.78, 5) is 16.8. The quantitative estimate of drug-likeness (QED) is 0.149. The predicted octanol–water partition coefficient (Wildman–Crippen LogP) is 7.02. The van der Waals surface area contributed by atoms with Gasteiger partial charge in [0, 0.05) is 17.8 Å². The van der Waals surface area contributed by atoms with Gasteiger partial charge in [-0.05, 0) is 61.9 Å². The number of rotatable bonds is 11. The van der Waals surface area contributed by atoms with Crippen LogP contribution in [-0.2, 0) is 0 Å². The minimum atomic E-state index is -0.499. The number of unbranched alkanes of at least 4 members (excludes halogenated alkanes) is 4. The molecule has 3 aromatic rings. The van der Waals surface area contributed by atoms with E-state index in [1.165, 1.54) is 31.7 Å². The molecule has 172 valence electrons. The number of hydrogen-bond acceptors (Lipinski definition) is 5. The van der Waals surface area contributed by atoms with Gasteiger partial charge in [-0.15, -0.1) is 0 Å². The van der Waals surface area contributed by atoms with Gasteiger partial charge in [-0.1, -0.05) is 50.3 Å². The lowest BCUT2D eigenvalue weighted by Crippen LogP contribution is -2.08. The highest BCUT2D eigenvalue weighted by Crippen LogP contribution is 2.24. The molecule has 3 rings (SSSR count). The summed E-state index contributed by atoms with van der Waals surface area (Å²) in [7, 11) is 0. The highest BCUT2D eigenvalue weighted by atomic mass is 16.5. The Morgan fingerprint density at radius 2 is 1.61 bits per heavy atom. The van der Waals surface area contributed by atoms with Crippen LogP contribution in [0.15, 0.2) is 71.7 Å². The summed E-state index contributed by atoms with van der Waals surface area (Å²) >= 11 is 0. The molecule has 0 aromatic heterocycles. The SMILES string of the molecule is CCCCCCCOc1ccc(C(=O)Oc2ccc(C=Nc3ccc(C)cc3)c(O)c2)cc1. The Morgan fingerprint density at radius 1 is 0.909 bits per heavy atom. The van der Waals surface area contributed by atoms with Crippen LogP contribution < -0.4 is 9.47 Å². The second kappa shape index (κ2) is 12.4. The smallest absolute Gasteiger partial charge is 0.343 e. The molecule has 0 fully saturated rings. The summed E-state index contributed by atoms with van der Waals surface area (Å²) < 4.78 is 11.1. The van der Waals surface area contributed by atoms with E-state index in [4.69, 9.17) is 9.47 Å². The van der Waals surface area contributed by atoms with Gasteiger partial charge >= 0.3 is 5.97 Å². The van der Waals surface area contributed by atoms with Crippen molar-refractivity contribution in [1.82, 2.24) is 0 Å². The number of carbonyl (C=O) groups is 1. The zero-order chi connectivity index (χ0) is 23.5. The lowest BCUT2D eigenvalue weighted by molar-refractivity contribution is 0.0734. The molecular formula is C28H31NO4. The number of ether oxygens (including phenoxy) is 2. The van der Waals surface area contributed by atoms with E-state index < -0.39 is 5.97 Å². The molecule has 0 heterocycles. The average Bonchev–Trinajstić information content (AvgIpc) is 2.82. The predicted molar refractivity (Wildman–Crippen MR) is 132 cm³/mol. The van der Waals surface area contributed by atoms with Crippen LogP contribution >= 0.6 is 0 Å². The first kappa shape index (κ1) is 24.1. The van der Waals surface area contributed by atoms with Crippen LogP contribution in [0, 0.1) is 6.92 Å². The van der Waals surface area contributed by atoms with E-state index in [-0.39, 0.29) is 11.5 Å². The number of nitrogens with zero attached hydrogens (tertiary/aromatic N) is 1. The standard InChI is InChI=1S/C28H31NO4/c1-3-4-5-6-7-18-32-25-15-10-22(11-16-25)28(31)33-26-17-12-23(27(30)19-26)20-29-24-13-8-21(2)9-14-24/h8-17,19-20,30H,3-7,18H2,1-2H3. The molecule has 5 heteroatoms. The van der Waals surface area contributed by atoms with Crippen LogP contribution in [0.25, 0.3) is 0 Å². The van der Waals surface area contributed by atoms with Gasteiger partial charge in [0.1, 0.15) is 17.2 Å². The Labute approximate surface area is 195 Å². The fraction of sp³-hybridized carbons (Fsp3) is 0.286. The Morgan fingerprint density at radius 3 is 2.30 bits per heavy atom. The number of hydrogen-bond donors (Lipinski definition) is 1. The highest BCUT2D eigenvalue weighted by Gasteiger charge is 2.10. The molecule has 0 aliphatic rings. The number of esters is 1. The molecule has 0 bridgehead atoms.